The molecule has 3 heterocycles. The number of hydrogen-bond acceptors (Lipinski definition) is 6. The Balaban J connectivity index is 1.60. The van der Waals surface area contributed by atoms with Crippen LogP contribution in [0.5, 0.6) is 0 Å². The van der Waals surface area contributed by atoms with E-state index >= 15 is 0 Å². The Kier molecular flexibility index (Phi) is 4.52. The van der Waals surface area contributed by atoms with Gasteiger partial charge in [0.2, 0.25) is 0 Å². The Labute approximate surface area is 162 Å². The van der Waals surface area contributed by atoms with Crippen LogP contribution in [0.25, 0.3) is 5.65 Å². The van der Waals surface area contributed by atoms with Gasteiger partial charge in [-0.3, -0.25) is 4.79 Å². The topological polar surface area (TPSA) is 103 Å². The van der Waals surface area contributed by atoms with E-state index in [-0.39, 0.29) is 12.0 Å². The van der Waals surface area contributed by atoms with E-state index in [2.05, 4.69) is 15.4 Å². The minimum Gasteiger partial charge on any atom is -0.391 e. The lowest BCUT2D eigenvalue weighted by Gasteiger charge is -2.20. The van der Waals surface area contributed by atoms with Gasteiger partial charge in [0.15, 0.2) is 5.65 Å². The maximum atomic E-state index is 12.6. The van der Waals surface area contributed by atoms with Gasteiger partial charge in [0, 0.05) is 30.8 Å². The van der Waals surface area contributed by atoms with Crippen LogP contribution >= 0.6 is 0 Å². The standard InChI is InChI=1S/C20H23N5O3/c1-20(2,28)14-5-3-13(4-6-14)19(27)23-16-11-18(24-10-8-15(26)12-24)25-17(22-16)7-9-21-25/h3-7,9,11,15,26,28H,8,10,12H2,1-2H3,(H,22,23,27). The first-order chi connectivity index (χ1) is 13.3. The number of fused-ring (bicyclic) bond motifs is 1. The lowest BCUT2D eigenvalue weighted by atomic mass is 9.97. The van der Waals surface area contributed by atoms with E-state index in [9.17, 15) is 15.0 Å². The average Bonchev–Trinajstić information content (AvgIpc) is 3.29. The molecule has 1 aromatic carbocycles. The highest BCUT2D eigenvalue weighted by Crippen LogP contribution is 2.24. The fourth-order valence-electron chi connectivity index (χ4n) is 3.35. The number of aliphatic hydroxyl groups excluding tert-OH is 1. The number of rotatable bonds is 4. The predicted octanol–water partition coefficient (Wildman–Crippen LogP) is 1.78. The van der Waals surface area contributed by atoms with Crippen LogP contribution in [0.15, 0.2) is 42.6 Å². The highest BCUT2D eigenvalue weighted by Gasteiger charge is 2.24. The third-order valence-electron chi connectivity index (χ3n) is 4.92. The summed E-state index contributed by atoms with van der Waals surface area (Å²) in [4.78, 5) is 19.1. The van der Waals surface area contributed by atoms with Crippen LogP contribution in [0.3, 0.4) is 0 Å². The molecular formula is C20H23N5O3. The monoisotopic (exact) mass is 381 g/mol. The number of anilines is 2. The molecule has 0 spiro atoms. The number of aromatic nitrogens is 3. The third-order valence-corrected chi connectivity index (χ3v) is 4.92. The molecule has 8 nitrogen and oxygen atoms in total. The number of β-amino-alcohol motifs (C(OH)–C–C–N with tert-alkyl or cyclic N) is 1. The molecule has 0 aliphatic carbocycles. The van der Waals surface area contributed by atoms with Crippen LogP contribution in [0.4, 0.5) is 11.6 Å². The number of carbonyl (C=O) groups excluding carboxylic acids is 1. The van der Waals surface area contributed by atoms with Crippen LogP contribution in [-0.4, -0.2) is 49.9 Å². The third kappa shape index (κ3) is 3.56. The van der Waals surface area contributed by atoms with Gasteiger partial charge >= 0.3 is 0 Å². The van der Waals surface area contributed by atoms with Crippen molar-refractivity contribution < 1.29 is 15.0 Å². The lowest BCUT2D eigenvalue weighted by Crippen LogP contribution is -2.24. The maximum Gasteiger partial charge on any atom is 0.256 e. The Hall–Kier alpha value is -2.97. The van der Waals surface area contributed by atoms with Crippen molar-refractivity contribution in [3.63, 3.8) is 0 Å². The van der Waals surface area contributed by atoms with E-state index in [1.807, 2.05) is 4.90 Å². The minimum atomic E-state index is -0.960. The van der Waals surface area contributed by atoms with Crippen LogP contribution in [0.2, 0.25) is 0 Å². The van der Waals surface area contributed by atoms with Crippen LogP contribution in [0, 0.1) is 0 Å². The second-order valence-corrected chi connectivity index (χ2v) is 7.58. The summed E-state index contributed by atoms with van der Waals surface area (Å²) in [6, 6.07) is 10.4. The van der Waals surface area contributed by atoms with Gasteiger partial charge in [-0.05, 0) is 38.0 Å². The molecule has 0 radical (unpaired) electrons. The van der Waals surface area contributed by atoms with Crippen LogP contribution in [-0.2, 0) is 5.60 Å². The van der Waals surface area contributed by atoms with Crippen molar-refractivity contribution >= 4 is 23.2 Å². The largest absolute Gasteiger partial charge is 0.391 e. The Bertz CT molecular complexity index is 1010. The summed E-state index contributed by atoms with van der Waals surface area (Å²) in [6.45, 7) is 4.63. The number of nitrogens with zero attached hydrogens (tertiary/aromatic N) is 4. The maximum absolute atomic E-state index is 12.6. The minimum absolute atomic E-state index is 0.286. The quantitative estimate of drug-likeness (QED) is 0.637. The first-order valence-electron chi connectivity index (χ1n) is 9.23. The van der Waals surface area contributed by atoms with E-state index in [0.717, 1.165) is 11.4 Å². The number of amides is 1. The van der Waals surface area contributed by atoms with Crippen molar-refractivity contribution in [1.29, 1.82) is 0 Å². The first kappa shape index (κ1) is 18.4. The van der Waals surface area contributed by atoms with Gasteiger partial charge in [-0.2, -0.15) is 9.61 Å². The Morgan fingerprint density at radius 2 is 2.00 bits per heavy atom. The Morgan fingerprint density at radius 1 is 1.25 bits per heavy atom. The molecule has 0 bridgehead atoms. The van der Waals surface area contributed by atoms with Crippen molar-refractivity contribution in [3.05, 3.63) is 53.7 Å². The SMILES string of the molecule is CC(C)(O)c1ccc(C(=O)Nc2cc(N3CCC(O)C3)n3nccc3n2)cc1. The van der Waals surface area contributed by atoms with Gasteiger partial charge in [0.1, 0.15) is 11.6 Å². The molecule has 3 aromatic rings. The van der Waals surface area contributed by atoms with Gasteiger partial charge in [-0.25, -0.2) is 4.98 Å². The molecule has 1 fully saturated rings. The molecule has 3 N–H and O–H groups in total. The summed E-state index contributed by atoms with van der Waals surface area (Å²) in [6.07, 6.45) is 1.98. The number of hydrogen-bond donors (Lipinski definition) is 3. The molecule has 0 saturated carbocycles. The fraction of sp³-hybridized carbons (Fsp3) is 0.350. The van der Waals surface area contributed by atoms with Crippen LogP contribution in [0.1, 0.15) is 36.2 Å². The molecule has 4 rings (SSSR count). The zero-order valence-corrected chi connectivity index (χ0v) is 15.8. The summed E-state index contributed by atoms with van der Waals surface area (Å²) in [7, 11) is 0. The van der Waals surface area contributed by atoms with Gasteiger partial charge in [-0.15, -0.1) is 0 Å². The van der Waals surface area contributed by atoms with Crippen molar-refractivity contribution in [2.24, 2.45) is 0 Å². The second-order valence-electron chi connectivity index (χ2n) is 7.58. The van der Waals surface area contributed by atoms with E-state index in [1.54, 1.807) is 61.0 Å². The molecule has 1 saturated heterocycles. The highest BCUT2D eigenvalue weighted by atomic mass is 16.3. The summed E-state index contributed by atoms with van der Waals surface area (Å²) in [5, 5.41) is 27.0. The zero-order chi connectivity index (χ0) is 19.9. The summed E-state index contributed by atoms with van der Waals surface area (Å²) in [5.41, 5.74) is 0.865. The van der Waals surface area contributed by atoms with Crippen LogP contribution < -0.4 is 10.2 Å². The average molecular weight is 381 g/mol. The smallest absolute Gasteiger partial charge is 0.256 e. The molecule has 1 aliphatic rings. The molecule has 2 aromatic heterocycles. The molecule has 1 amide bonds. The van der Waals surface area contributed by atoms with E-state index < -0.39 is 5.60 Å². The molecule has 1 atom stereocenters. The van der Waals surface area contributed by atoms with Gasteiger partial charge in [0.25, 0.3) is 5.91 Å². The van der Waals surface area contributed by atoms with Gasteiger partial charge in [-0.1, -0.05) is 12.1 Å². The van der Waals surface area contributed by atoms with Crippen molar-refractivity contribution in [2.45, 2.75) is 32.0 Å². The molecule has 146 valence electrons. The second kappa shape index (κ2) is 6.88. The van der Waals surface area contributed by atoms with Crippen molar-refractivity contribution in [1.82, 2.24) is 14.6 Å². The summed E-state index contributed by atoms with van der Waals surface area (Å²) >= 11 is 0. The molecule has 28 heavy (non-hydrogen) atoms. The number of benzene rings is 1. The number of nitrogens with one attached hydrogen (secondary N) is 1. The summed E-state index contributed by atoms with van der Waals surface area (Å²) in [5.74, 6) is 0.909. The fourth-order valence-corrected chi connectivity index (χ4v) is 3.35. The molecule has 1 unspecified atom stereocenters. The van der Waals surface area contributed by atoms with Gasteiger partial charge in [0.05, 0.1) is 17.9 Å². The normalized spacial score (nSPS) is 17.3. The molecular weight excluding hydrogens is 358 g/mol. The first-order valence-corrected chi connectivity index (χ1v) is 9.23. The summed E-state index contributed by atoms with van der Waals surface area (Å²) < 4.78 is 1.70. The predicted molar refractivity (Wildman–Crippen MR) is 105 cm³/mol. The highest BCUT2D eigenvalue weighted by molar-refractivity contribution is 6.04. The lowest BCUT2D eigenvalue weighted by molar-refractivity contribution is 0.0785. The molecule has 8 heteroatoms. The number of carbonyl (C=O) groups is 1. The van der Waals surface area contributed by atoms with Gasteiger partial charge < -0.3 is 20.4 Å². The van der Waals surface area contributed by atoms with E-state index in [4.69, 9.17) is 0 Å². The zero-order valence-electron chi connectivity index (χ0n) is 15.8. The van der Waals surface area contributed by atoms with Crippen molar-refractivity contribution in [2.75, 3.05) is 23.3 Å². The Morgan fingerprint density at radius 3 is 2.64 bits per heavy atom. The number of aliphatic hydroxyl groups is 2. The molecule has 1 aliphatic heterocycles. The van der Waals surface area contributed by atoms with Crippen molar-refractivity contribution in [3.8, 4) is 0 Å². The van der Waals surface area contributed by atoms with E-state index in [0.29, 0.717) is 36.5 Å². The van der Waals surface area contributed by atoms with E-state index in [1.165, 1.54) is 0 Å².